The van der Waals surface area contributed by atoms with E-state index < -0.39 is 24.1 Å². The lowest BCUT2D eigenvalue weighted by atomic mass is 10.1. The second-order valence-electron chi connectivity index (χ2n) is 4.04. The zero-order chi connectivity index (χ0) is 14.4. The van der Waals surface area contributed by atoms with Crippen molar-refractivity contribution in [1.29, 1.82) is 0 Å². The molecule has 1 amide bonds. The van der Waals surface area contributed by atoms with Crippen molar-refractivity contribution in [2.24, 2.45) is 0 Å². The minimum absolute atomic E-state index is 0.164. The minimum atomic E-state index is -5.18. The van der Waals surface area contributed by atoms with Crippen LogP contribution in [0.4, 0.5) is 18.9 Å². The number of hydrogen-bond donors (Lipinski definition) is 2. The molecule has 2 N–H and O–H groups in total. The number of amides is 1. The van der Waals surface area contributed by atoms with E-state index in [-0.39, 0.29) is 28.3 Å². The van der Waals surface area contributed by atoms with Crippen LogP contribution in [0.1, 0.15) is 5.56 Å². The minimum Gasteiger partial charge on any atom is -0.508 e. The largest absolute Gasteiger partial charge is 0.508 e. The highest BCUT2D eigenvalue weighted by Gasteiger charge is 2.50. The van der Waals surface area contributed by atoms with Crippen LogP contribution in [0, 0.1) is 0 Å². The summed E-state index contributed by atoms with van der Waals surface area (Å²) in [4.78, 5) is 22.4. The number of carbonyl (C=O) groups excluding carboxylic acids is 1. The van der Waals surface area contributed by atoms with Crippen LogP contribution >= 0.6 is 0 Å². The number of halogens is 3. The highest BCUT2D eigenvalue weighted by Crippen LogP contribution is 2.37. The molecule has 1 aliphatic heterocycles. The summed E-state index contributed by atoms with van der Waals surface area (Å²) in [6, 6.07) is 1.84. The molecule has 0 saturated heterocycles. The Hall–Kier alpha value is -2.25. The molecule has 0 fully saturated rings. The third-order valence-corrected chi connectivity index (χ3v) is 2.80. The molecular weight excluding hydrogens is 267 g/mol. The first kappa shape index (κ1) is 13.2. The normalized spacial score (nSPS) is 18.3. The molecule has 0 aliphatic carbocycles. The van der Waals surface area contributed by atoms with E-state index in [0.29, 0.717) is 0 Å². The van der Waals surface area contributed by atoms with Gasteiger partial charge >= 0.3 is 18.1 Å². The predicted octanol–water partition coefficient (Wildman–Crippen LogP) is 1.30. The van der Waals surface area contributed by atoms with E-state index in [0.717, 1.165) is 6.07 Å². The van der Waals surface area contributed by atoms with Gasteiger partial charge in [0.2, 0.25) is 0 Å². The number of rotatable bonds is 1. The molecule has 1 unspecified atom stereocenters. The SMILES string of the molecule is O=C(O)C1Cc2ccc(O)cc2N1C(=O)C(F)(F)F. The van der Waals surface area contributed by atoms with Gasteiger partial charge in [-0.05, 0) is 11.6 Å². The van der Waals surface area contributed by atoms with Gasteiger partial charge in [-0.15, -0.1) is 0 Å². The first-order valence-corrected chi connectivity index (χ1v) is 5.17. The van der Waals surface area contributed by atoms with Crippen molar-refractivity contribution < 1.29 is 33.0 Å². The highest BCUT2D eigenvalue weighted by atomic mass is 19.4. The summed E-state index contributed by atoms with van der Waals surface area (Å²) in [5, 5.41) is 18.2. The van der Waals surface area contributed by atoms with E-state index in [1.54, 1.807) is 0 Å². The Balaban J connectivity index is 2.51. The molecule has 0 saturated carbocycles. The number of fused-ring (bicyclic) bond motifs is 1. The van der Waals surface area contributed by atoms with Gasteiger partial charge in [-0.3, -0.25) is 9.69 Å². The number of phenolic OH excluding ortho intramolecular Hbond substituents is 1. The van der Waals surface area contributed by atoms with Crippen LogP contribution in [-0.4, -0.2) is 34.3 Å². The van der Waals surface area contributed by atoms with Crippen molar-refractivity contribution in [3.05, 3.63) is 23.8 Å². The maximum atomic E-state index is 12.5. The van der Waals surface area contributed by atoms with Gasteiger partial charge < -0.3 is 10.2 Å². The second kappa shape index (κ2) is 4.15. The lowest BCUT2D eigenvalue weighted by molar-refractivity contribution is -0.171. The molecule has 1 aromatic rings. The molecule has 0 bridgehead atoms. The quantitative estimate of drug-likeness (QED) is 0.809. The number of aliphatic carboxylic acids is 1. The van der Waals surface area contributed by atoms with Crippen molar-refractivity contribution in [3.8, 4) is 5.75 Å². The Morgan fingerprint density at radius 2 is 1.95 bits per heavy atom. The molecule has 0 spiro atoms. The average Bonchev–Trinajstić information content (AvgIpc) is 2.65. The molecule has 1 heterocycles. The van der Waals surface area contributed by atoms with Crippen molar-refractivity contribution in [3.63, 3.8) is 0 Å². The molecule has 2 rings (SSSR count). The van der Waals surface area contributed by atoms with Crippen LogP contribution in [0.25, 0.3) is 0 Å². The molecule has 8 heteroatoms. The molecule has 1 aromatic carbocycles. The summed E-state index contributed by atoms with van der Waals surface area (Å²) >= 11 is 0. The topological polar surface area (TPSA) is 77.8 Å². The number of carbonyl (C=O) groups is 2. The maximum absolute atomic E-state index is 12.5. The number of anilines is 1. The zero-order valence-corrected chi connectivity index (χ0v) is 9.31. The molecule has 0 radical (unpaired) electrons. The highest BCUT2D eigenvalue weighted by molar-refractivity contribution is 6.04. The summed E-state index contributed by atoms with van der Waals surface area (Å²) in [5.41, 5.74) is 0.0394. The lowest BCUT2D eigenvalue weighted by Crippen LogP contribution is -2.48. The predicted molar refractivity (Wildman–Crippen MR) is 56.8 cm³/mol. The first-order chi connectivity index (χ1) is 8.71. The molecule has 1 atom stereocenters. The van der Waals surface area contributed by atoms with Crippen LogP contribution in [0.2, 0.25) is 0 Å². The lowest BCUT2D eigenvalue weighted by Gasteiger charge is -2.23. The van der Waals surface area contributed by atoms with E-state index in [1.165, 1.54) is 12.1 Å². The fourth-order valence-electron chi connectivity index (χ4n) is 2.00. The van der Waals surface area contributed by atoms with Gasteiger partial charge in [0.25, 0.3) is 0 Å². The molecule has 102 valence electrons. The van der Waals surface area contributed by atoms with Gasteiger partial charge in [0, 0.05) is 12.5 Å². The van der Waals surface area contributed by atoms with Crippen molar-refractivity contribution in [2.45, 2.75) is 18.6 Å². The van der Waals surface area contributed by atoms with Gasteiger partial charge in [-0.25, -0.2) is 4.79 Å². The molecule has 19 heavy (non-hydrogen) atoms. The summed E-state index contributed by atoms with van der Waals surface area (Å²) in [7, 11) is 0. The van der Waals surface area contributed by atoms with Gasteiger partial charge in [0.15, 0.2) is 0 Å². The number of benzene rings is 1. The maximum Gasteiger partial charge on any atom is 0.471 e. The Bertz CT molecular complexity index is 555. The van der Waals surface area contributed by atoms with E-state index >= 15 is 0 Å². The fourth-order valence-corrected chi connectivity index (χ4v) is 2.00. The Morgan fingerprint density at radius 1 is 1.32 bits per heavy atom. The van der Waals surface area contributed by atoms with Crippen LogP contribution < -0.4 is 4.90 Å². The summed E-state index contributed by atoms with van der Waals surface area (Å²) in [6.45, 7) is 0. The van der Waals surface area contributed by atoms with E-state index in [2.05, 4.69) is 0 Å². The Labute approximate surface area is 104 Å². The average molecular weight is 275 g/mol. The van der Waals surface area contributed by atoms with Gasteiger partial charge in [0.1, 0.15) is 11.8 Å². The van der Waals surface area contributed by atoms with Gasteiger partial charge in [0.05, 0.1) is 5.69 Å². The number of nitrogens with zero attached hydrogens (tertiary/aromatic N) is 1. The van der Waals surface area contributed by atoms with Crippen molar-refractivity contribution in [1.82, 2.24) is 0 Å². The molecule has 1 aliphatic rings. The van der Waals surface area contributed by atoms with Gasteiger partial charge in [-0.2, -0.15) is 13.2 Å². The third kappa shape index (κ3) is 2.20. The van der Waals surface area contributed by atoms with E-state index in [1.807, 2.05) is 0 Å². The van der Waals surface area contributed by atoms with Crippen LogP contribution in [-0.2, 0) is 16.0 Å². The van der Waals surface area contributed by atoms with Crippen molar-refractivity contribution >= 4 is 17.6 Å². The van der Waals surface area contributed by atoms with Crippen LogP contribution in [0.15, 0.2) is 18.2 Å². The number of carboxylic acid groups (broad SMARTS) is 1. The Kier molecular flexibility index (Phi) is 2.88. The smallest absolute Gasteiger partial charge is 0.471 e. The van der Waals surface area contributed by atoms with Crippen LogP contribution in [0.3, 0.4) is 0 Å². The first-order valence-electron chi connectivity index (χ1n) is 5.17. The number of alkyl halides is 3. The molecule has 5 nitrogen and oxygen atoms in total. The van der Waals surface area contributed by atoms with Crippen LogP contribution in [0.5, 0.6) is 5.75 Å². The van der Waals surface area contributed by atoms with Gasteiger partial charge in [-0.1, -0.05) is 6.07 Å². The number of hydrogen-bond acceptors (Lipinski definition) is 3. The molecule has 0 aromatic heterocycles. The fraction of sp³-hybridized carbons (Fsp3) is 0.273. The van der Waals surface area contributed by atoms with Crippen molar-refractivity contribution in [2.75, 3.05) is 4.90 Å². The number of carboxylic acids is 1. The monoisotopic (exact) mass is 275 g/mol. The third-order valence-electron chi connectivity index (χ3n) is 2.80. The Morgan fingerprint density at radius 3 is 2.47 bits per heavy atom. The second-order valence-corrected chi connectivity index (χ2v) is 4.04. The standard InChI is InChI=1S/C11H8F3NO4/c12-11(13,14)10(19)15-7-4-6(16)2-1-5(7)3-8(15)9(17)18/h1-2,4,8,16H,3H2,(H,17,18). The van der Waals surface area contributed by atoms with E-state index in [9.17, 15) is 27.9 Å². The zero-order valence-electron chi connectivity index (χ0n) is 9.31. The molecular formula is C11H8F3NO4. The van der Waals surface area contributed by atoms with E-state index in [4.69, 9.17) is 5.11 Å². The summed E-state index contributed by atoms with van der Waals surface area (Å²) in [5.74, 6) is -4.14. The number of phenols is 1. The summed E-state index contributed by atoms with van der Waals surface area (Å²) < 4.78 is 37.5. The number of aromatic hydroxyl groups is 1. The summed E-state index contributed by atoms with van der Waals surface area (Å²) in [6.07, 6.45) is -5.41.